The topological polar surface area (TPSA) is 78.5 Å². The highest BCUT2D eigenvalue weighted by atomic mass is 32.2. The highest BCUT2D eigenvalue weighted by Crippen LogP contribution is 2.26. The highest BCUT2D eigenvalue weighted by Gasteiger charge is 2.30. The molecule has 28 heavy (non-hydrogen) atoms. The number of sulfonamides is 1. The zero-order valence-electron chi connectivity index (χ0n) is 15.4. The van der Waals surface area contributed by atoms with Gasteiger partial charge >= 0.3 is 0 Å². The van der Waals surface area contributed by atoms with Crippen molar-refractivity contribution in [3.63, 3.8) is 0 Å². The monoisotopic (exact) mass is 404 g/mol. The van der Waals surface area contributed by atoms with E-state index in [-0.39, 0.29) is 10.7 Å². The first kappa shape index (κ1) is 18.9. The van der Waals surface area contributed by atoms with E-state index in [2.05, 4.69) is 14.9 Å². The summed E-state index contributed by atoms with van der Waals surface area (Å²) in [7, 11) is -2.06. The van der Waals surface area contributed by atoms with Crippen LogP contribution in [0.1, 0.15) is 5.56 Å². The Morgan fingerprint density at radius 3 is 2.75 bits per heavy atom. The van der Waals surface area contributed by atoms with Gasteiger partial charge in [-0.15, -0.1) is 0 Å². The molecule has 3 aromatic rings. The molecule has 1 saturated heterocycles. The van der Waals surface area contributed by atoms with Crippen molar-refractivity contribution >= 4 is 21.1 Å². The molecular weight excluding hydrogens is 383 g/mol. The number of piperazine rings is 1. The molecule has 0 amide bonds. The van der Waals surface area contributed by atoms with Crippen molar-refractivity contribution in [2.75, 3.05) is 33.3 Å². The number of benzene rings is 1. The molecule has 1 aliphatic heterocycles. The van der Waals surface area contributed by atoms with E-state index in [1.807, 2.05) is 0 Å². The Balaban J connectivity index is 1.47. The molecule has 0 unspecified atom stereocenters. The van der Waals surface area contributed by atoms with Crippen LogP contribution < -0.4 is 4.74 Å². The highest BCUT2D eigenvalue weighted by molar-refractivity contribution is 7.89. The first-order valence-corrected chi connectivity index (χ1v) is 10.4. The van der Waals surface area contributed by atoms with Crippen molar-refractivity contribution in [3.8, 4) is 5.75 Å². The third-order valence-electron chi connectivity index (χ3n) is 5.00. The van der Waals surface area contributed by atoms with E-state index in [0.29, 0.717) is 49.5 Å². The van der Waals surface area contributed by atoms with Crippen LogP contribution in [0.15, 0.2) is 47.6 Å². The van der Waals surface area contributed by atoms with Crippen LogP contribution in [0.2, 0.25) is 0 Å². The van der Waals surface area contributed by atoms with Gasteiger partial charge in [0.2, 0.25) is 10.0 Å². The minimum atomic E-state index is -3.61. The zero-order chi connectivity index (χ0) is 19.7. The van der Waals surface area contributed by atoms with Crippen molar-refractivity contribution in [2.24, 2.45) is 0 Å². The molecule has 2 aromatic heterocycles. The van der Waals surface area contributed by atoms with Crippen LogP contribution in [0.3, 0.4) is 0 Å². The second-order valence-electron chi connectivity index (χ2n) is 6.69. The van der Waals surface area contributed by atoms with Gasteiger partial charge in [0, 0.05) is 56.1 Å². The molecule has 0 saturated carbocycles. The standard InChI is InChI=1S/C19H21FN4O3S/c1-27-17-5-4-15(20)11-14(17)13-23-7-9-24(10-8-23)28(25,26)18-12-22-19-16(18)3-2-6-21-19/h2-6,11-12H,7-10,13H2,1H3,(H,21,22). The number of rotatable bonds is 5. The number of pyridine rings is 1. The minimum absolute atomic E-state index is 0.246. The second kappa shape index (κ2) is 7.50. The Morgan fingerprint density at radius 2 is 2.00 bits per heavy atom. The summed E-state index contributed by atoms with van der Waals surface area (Å²) in [6.45, 7) is 2.35. The number of aromatic amines is 1. The van der Waals surface area contributed by atoms with E-state index < -0.39 is 10.0 Å². The fourth-order valence-electron chi connectivity index (χ4n) is 3.52. The Kier molecular flexibility index (Phi) is 5.05. The molecule has 0 bridgehead atoms. The van der Waals surface area contributed by atoms with Crippen molar-refractivity contribution in [3.05, 3.63) is 54.1 Å². The SMILES string of the molecule is COc1ccc(F)cc1CN1CCN(S(=O)(=O)c2c[nH]c3ncccc23)CC1. The number of aromatic nitrogens is 2. The van der Waals surface area contributed by atoms with Crippen LogP contribution in [0.25, 0.3) is 11.0 Å². The Hall–Kier alpha value is -2.49. The Labute approximate surface area is 162 Å². The number of methoxy groups -OCH3 is 1. The van der Waals surface area contributed by atoms with Gasteiger partial charge in [0.15, 0.2) is 0 Å². The van der Waals surface area contributed by atoms with Gasteiger partial charge in [-0.05, 0) is 30.3 Å². The Bertz CT molecular complexity index is 1090. The summed E-state index contributed by atoms with van der Waals surface area (Å²) in [5, 5.41) is 0.592. The molecule has 0 radical (unpaired) electrons. The average Bonchev–Trinajstić information content (AvgIpc) is 3.14. The average molecular weight is 404 g/mol. The van der Waals surface area contributed by atoms with E-state index in [0.717, 1.165) is 5.56 Å². The number of H-pyrrole nitrogens is 1. The number of hydrogen-bond donors (Lipinski definition) is 1. The molecule has 1 aliphatic rings. The maximum atomic E-state index is 13.6. The summed E-state index contributed by atoms with van der Waals surface area (Å²) >= 11 is 0. The summed E-state index contributed by atoms with van der Waals surface area (Å²) in [6.07, 6.45) is 3.12. The zero-order valence-corrected chi connectivity index (χ0v) is 16.2. The van der Waals surface area contributed by atoms with Crippen molar-refractivity contribution in [1.29, 1.82) is 0 Å². The predicted molar refractivity (Wildman–Crippen MR) is 103 cm³/mol. The first-order valence-electron chi connectivity index (χ1n) is 8.96. The first-order chi connectivity index (χ1) is 13.5. The quantitative estimate of drug-likeness (QED) is 0.706. The van der Waals surface area contributed by atoms with Gasteiger partial charge in [-0.1, -0.05) is 0 Å². The summed E-state index contributed by atoms with van der Waals surface area (Å²) in [4.78, 5) is 9.41. The minimum Gasteiger partial charge on any atom is -0.496 e. The number of fused-ring (bicyclic) bond motifs is 1. The van der Waals surface area contributed by atoms with Crippen LogP contribution in [-0.2, 0) is 16.6 Å². The number of halogens is 1. The second-order valence-corrected chi connectivity index (χ2v) is 8.60. The van der Waals surface area contributed by atoms with Crippen LogP contribution in [0.4, 0.5) is 4.39 Å². The largest absolute Gasteiger partial charge is 0.496 e. The van der Waals surface area contributed by atoms with Crippen molar-refractivity contribution in [2.45, 2.75) is 11.4 Å². The van der Waals surface area contributed by atoms with E-state index >= 15 is 0 Å². The summed E-state index contributed by atoms with van der Waals surface area (Å²) in [6, 6.07) is 7.90. The molecule has 0 aliphatic carbocycles. The number of hydrogen-bond acceptors (Lipinski definition) is 5. The van der Waals surface area contributed by atoms with E-state index in [1.54, 1.807) is 31.5 Å². The van der Waals surface area contributed by atoms with Gasteiger partial charge in [-0.25, -0.2) is 17.8 Å². The predicted octanol–water partition coefficient (Wildman–Crippen LogP) is 2.22. The molecule has 4 rings (SSSR count). The molecule has 1 aromatic carbocycles. The number of nitrogens with zero attached hydrogens (tertiary/aromatic N) is 3. The molecule has 0 spiro atoms. The summed E-state index contributed by atoms with van der Waals surface area (Å²) in [5.74, 6) is 0.313. The third kappa shape index (κ3) is 3.48. The number of ether oxygens (including phenoxy) is 1. The molecular formula is C19H21FN4O3S. The third-order valence-corrected chi connectivity index (χ3v) is 6.94. The van der Waals surface area contributed by atoms with E-state index in [4.69, 9.17) is 4.74 Å². The van der Waals surface area contributed by atoms with Crippen molar-refractivity contribution < 1.29 is 17.5 Å². The van der Waals surface area contributed by atoms with Crippen LogP contribution in [0, 0.1) is 5.82 Å². The maximum Gasteiger partial charge on any atom is 0.245 e. The van der Waals surface area contributed by atoms with Gasteiger partial charge in [-0.2, -0.15) is 4.31 Å². The molecule has 1 N–H and O–H groups in total. The fraction of sp³-hybridized carbons (Fsp3) is 0.316. The Morgan fingerprint density at radius 1 is 1.21 bits per heavy atom. The fourth-order valence-corrected chi connectivity index (χ4v) is 5.10. The summed E-state index contributed by atoms with van der Waals surface area (Å²) in [5.41, 5.74) is 1.31. The van der Waals surface area contributed by atoms with Gasteiger partial charge in [0.1, 0.15) is 22.1 Å². The van der Waals surface area contributed by atoms with Crippen LogP contribution in [0.5, 0.6) is 5.75 Å². The van der Waals surface area contributed by atoms with Gasteiger partial charge in [-0.3, -0.25) is 4.90 Å². The molecule has 7 nitrogen and oxygen atoms in total. The van der Waals surface area contributed by atoms with Crippen LogP contribution >= 0.6 is 0 Å². The lowest BCUT2D eigenvalue weighted by molar-refractivity contribution is 0.180. The normalized spacial score (nSPS) is 16.5. The molecule has 0 atom stereocenters. The lowest BCUT2D eigenvalue weighted by Gasteiger charge is -2.34. The smallest absolute Gasteiger partial charge is 0.245 e. The van der Waals surface area contributed by atoms with E-state index in [1.165, 1.54) is 22.6 Å². The molecule has 1 fully saturated rings. The number of nitrogens with one attached hydrogen (secondary N) is 1. The van der Waals surface area contributed by atoms with Crippen molar-refractivity contribution in [1.82, 2.24) is 19.2 Å². The van der Waals surface area contributed by atoms with Gasteiger partial charge in [0.05, 0.1) is 7.11 Å². The lowest BCUT2D eigenvalue weighted by atomic mass is 10.1. The van der Waals surface area contributed by atoms with Gasteiger partial charge in [0.25, 0.3) is 0 Å². The molecule has 3 heterocycles. The van der Waals surface area contributed by atoms with Crippen LogP contribution in [-0.4, -0.2) is 60.9 Å². The van der Waals surface area contributed by atoms with Gasteiger partial charge < -0.3 is 9.72 Å². The maximum absolute atomic E-state index is 13.6. The summed E-state index contributed by atoms with van der Waals surface area (Å²) < 4.78 is 46.5. The lowest BCUT2D eigenvalue weighted by Crippen LogP contribution is -2.48. The molecule has 9 heteroatoms. The van der Waals surface area contributed by atoms with E-state index in [9.17, 15) is 12.8 Å². The molecule has 148 valence electrons.